The van der Waals surface area contributed by atoms with Gasteiger partial charge in [0.2, 0.25) is 6.79 Å². The van der Waals surface area contributed by atoms with Gasteiger partial charge in [-0.1, -0.05) is 18.2 Å². The SMILES string of the molecule is CC(C)(O)c1nc(-c2ccc3c(c2)OCO3)c2ccccc2n1. The highest BCUT2D eigenvalue weighted by molar-refractivity contribution is 5.92. The highest BCUT2D eigenvalue weighted by Gasteiger charge is 2.23. The monoisotopic (exact) mass is 308 g/mol. The Morgan fingerprint density at radius 2 is 1.78 bits per heavy atom. The second kappa shape index (κ2) is 4.93. The summed E-state index contributed by atoms with van der Waals surface area (Å²) in [5.41, 5.74) is 1.35. The highest BCUT2D eigenvalue weighted by atomic mass is 16.7. The Kier molecular flexibility index (Phi) is 2.99. The minimum Gasteiger partial charge on any atom is -0.454 e. The van der Waals surface area contributed by atoms with Gasteiger partial charge in [-0.25, -0.2) is 9.97 Å². The first-order chi connectivity index (χ1) is 11.0. The average Bonchev–Trinajstić information content (AvgIpc) is 3.00. The van der Waals surface area contributed by atoms with Crippen LogP contribution in [0.1, 0.15) is 19.7 Å². The van der Waals surface area contributed by atoms with Crippen LogP contribution in [0.2, 0.25) is 0 Å². The molecule has 5 nitrogen and oxygen atoms in total. The summed E-state index contributed by atoms with van der Waals surface area (Å²) in [6, 6.07) is 13.5. The Hall–Kier alpha value is -2.66. The highest BCUT2D eigenvalue weighted by Crippen LogP contribution is 2.37. The number of aliphatic hydroxyl groups is 1. The molecule has 0 unspecified atom stereocenters. The molecule has 5 heteroatoms. The maximum absolute atomic E-state index is 10.3. The standard InChI is InChI=1S/C18H16N2O3/c1-18(2,21)17-19-13-6-4-3-5-12(13)16(20-17)11-7-8-14-15(9-11)23-10-22-14/h3-9,21H,10H2,1-2H3. The Morgan fingerprint density at radius 3 is 2.61 bits per heavy atom. The lowest BCUT2D eigenvalue weighted by atomic mass is 10.0. The van der Waals surface area contributed by atoms with Gasteiger partial charge in [-0.05, 0) is 38.1 Å². The topological polar surface area (TPSA) is 64.5 Å². The molecule has 0 amide bonds. The molecule has 0 radical (unpaired) electrons. The van der Waals surface area contributed by atoms with Crippen LogP contribution in [0.15, 0.2) is 42.5 Å². The Labute approximate surface area is 133 Å². The number of benzene rings is 2. The van der Waals surface area contributed by atoms with Crippen LogP contribution >= 0.6 is 0 Å². The van der Waals surface area contributed by atoms with Crippen LogP contribution in [0, 0.1) is 0 Å². The van der Waals surface area contributed by atoms with E-state index in [9.17, 15) is 5.11 Å². The number of hydrogen-bond acceptors (Lipinski definition) is 5. The van der Waals surface area contributed by atoms with Gasteiger partial charge in [0.25, 0.3) is 0 Å². The Bertz CT molecular complexity index is 900. The predicted octanol–water partition coefficient (Wildman–Crippen LogP) is 3.25. The molecule has 1 aliphatic heterocycles. The van der Waals surface area contributed by atoms with E-state index >= 15 is 0 Å². The van der Waals surface area contributed by atoms with Crippen molar-refractivity contribution >= 4 is 10.9 Å². The molecule has 0 atom stereocenters. The summed E-state index contributed by atoms with van der Waals surface area (Å²) < 4.78 is 10.8. The molecule has 2 aromatic carbocycles. The second-order valence-corrected chi connectivity index (χ2v) is 6.04. The van der Waals surface area contributed by atoms with Gasteiger partial charge >= 0.3 is 0 Å². The van der Waals surface area contributed by atoms with Crippen molar-refractivity contribution < 1.29 is 14.6 Å². The Balaban J connectivity index is 1.98. The van der Waals surface area contributed by atoms with Crippen molar-refractivity contribution in [1.82, 2.24) is 9.97 Å². The fourth-order valence-corrected chi connectivity index (χ4v) is 2.61. The van der Waals surface area contributed by atoms with Gasteiger partial charge in [0, 0.05) is 10.9 Å². The van der Waals surface area contributed by atoms with E-state index in [2.05, 4.69) is 9.97 Å². The van der Waals surface area contributed by atoms with Gasteiger partial charge in [0.15, 0.2) is 17.3 Å². The van der Waals surface area contributed by atoms with Crippen molar-refractivity contribution in [3.05, 3.63) is 48.3 Å². The van der Waals surface area contributed by atoms with Crippen LogP contribution in [0.4, 0.5) is 0 Å². The van der Waals surface area contributed by atoms with Gasteiger partial charge in [-0.2, -0.15) is 0 Å². The number of nitrogens with zero attached hydrogens (tertiary/aromatic N) is 2. The first-order valence-corrected chi connectivity index (χ1v) is 7.42. The van der Waals surface area contributed by atoms with Crippen molar-refractivity contribution in [3.63, 3.8) is 0 Å². The quantitative estimate of drug-likeness (QED) is 0.787. The maximum Gasteiger partial charge on any atom is 0.231 e. The van der Waals surface area contributed by atoms with E-state index in [1.807, 2.05) is 42.5 Å². The fourth-order valence-electron chi connectivity index (χ4n) is 2.61. The fraction of sp³-hybridized carbons (Fsp3) is 0.222. The molecule has 1 N–H and O–H groups in total. The lowest BCUT2D eigenvalue weighted by Crippen LogP contribution is -2.20. The summed E-state index contributed by atoms with van der Waals surface area (Å²) in [5.74, 6) is 1.83. The summed E-state index contributed by atoms with van der Waals surface area (Å²) in [6.45, 7) is 3.60. The summed E-state index contributed by atoms with van der Waals surface area (Å²) in [6.07, 6.45) is 0. The second-order valence-electron chi connectivity index (χ2n) is 6.04. The average molecular weight is 308 g/mol. The molecule has 2 heterocycles. The summed E-state index contributed by atoms with van der Waals surface area (Å²) >= 11 is 0. The number of ether oxygens (including phenoxy) is 2. The van der Waals surface area contributed by atoms with E-state index in [4.69, 9.17) is 9.47 Å². The molecule has 1 aliphatic rings. The van der Waals surface area contributed by atoms with Crippen LogP contribution in [0.3, 0.4) is 0 Å². The van der Waals surface area contributed by atoms with Gasteiger partial charge in [0.1, 0.15) is 5.60 Å². The van der Waals surface area contributed by atoms with Crippen molar-refractivity contribution in [2.45, 2.75) is 19.4 Å². The molecule has 0 fully saturated rings. The van der Waals surface area contributed by atoms with Crippen molar-refractivity contribution in [3.8, 4) is 22.8 Å². The molecule has 0 spiro atoms. The molecule has 0 saturated heterocycles. The van der Waals surface area contributed by atoms with Crippen LogP contribution in [-0.2, 0) is 5.60 Å². The third-order valence-electron chi connectivity index (χ3n) is 3.80. The first-order valence-electron chi connectivity index (χ1n) is 7.42. The van der Waals surface area contributed by atoms with Crippen molar-refractivity contribution in [2.75, 3.05) is 6.79 Å². The summed E-state index contributed by atoms with van der Waals surface area (Å²) in [5, 5.41) is 11.2. The zero-order chi connectivity index (χ0) is 16.0. The predicted molar refractivity (Wildman–Crippen MR) is 86.3 cm³/mol. The first kappa shape index (κ1) is 14.0. The third kappa shape index (κ3) is 2.39. The minimum atomic E-state index is -1.12. The van der Waals surface area contributed by atoms with Crippen molar-refractivity contribution in [1.29, 1.82) is 0 Å². The van der Waals surface area contributed by atoms with E-state index in [0.717, 1.165) is 27.9 Å². The lowest BCUT2D eigenvalue weighted by molar-refractivity contribution is 0.0692. The molecule has 23 heavy (non-hydrogen) atoms. The van der Waals surface area contributed by atoms with Crippen LogP contribution in [0.25, 0.3) is 22.2 Å². The normalized spacial score (nSPS) is 13.5. The van der Waals surface area contributed by atoms with Gasteiger partial charge in [-0.15, -0.1) is 0 Å². The van der Waals surface area contributed by atoms with Gasteiger partial charge in [0.05, 0.1) is 11.2 Å². The Morgan fingerprint density at radius 1 is 1.00 bits per heavy atom. The molecule has 0 bridgehead atoms. The molecule has 4 rings (SSSR count). The van der Waals surface area contributed by atoms with E-state index in [1.165, 1.54) is 0 Å². The van der Waals surface area contributed by atoms with Crippen LogP contribution < -0.4 is 9.47 Å². The van der Waals surface area contributed by atoms with Gasteiger partial charge < -0.3 is 14.6 Å². The number of aromatic nitrogens is 2. The van der Waals surface area contributed by atoms with E-state index in [0.29, 0.717) is 11.6 Å². The maximum atomic E-state index is 10.3. The van der Waals surface area contributed by atoms with Crippen LogP contribution in [0.5, 0.6) is 11.5 Å². The van der Waals surface area contributed by atoms with E-state index in [-0.39, 0.29) is 6.79 Å². The zero-order valence-corrected chi connectivity index (χ0v) is 12.9. The molecule has 0 aliphatic carbocycles. The third-order valence-corrected chi connectivity index (χ3v) is 3.80. The van der Waals surface area contributed by atoms with Crippen LogP contribution in [-0.4, -0.2) is 21.9 Å². The molecule has 3 aromatic rings. The van der Waals surface area contributed by atoms with E-state index < -0.39 is 5.60 Å². The van der Waals surface area contributed by atoms with Gasteiger partial charge in [-0.3, -0.25) is 0 Å². The zero-order valence-electron chi connectivity index (χ0n) is 12.9. The number of rotatable bonds is 2. The number of para-hydroxylation sites is 1. The minimum absolute atomic E-state index is 0.234. The smallest absolute Gasteiger partial charge is 0.231 e. The summed E-state index contributed by atoms with van der Waals surface area (Å²) in [4.78, 5) is 9.10. The molecule has 1 aromatic heterocycles. The summed E-state index contributed by atoms with van der Waals surface area (Å²) in [7, 11) is 0. The van der Waals surface area contributed by atoms with E-state index in [1.54, 1.807) is 13.8 Å². The number of fused-ring (bicyclic) bond motifs is 2. The largest absolute Gasteiger partial charge is 0.454 e. The number of hydrogen-bond donors (Lipinski definition) is 1. The molecular weight excluding hydrogens is 292 g/mol. The molecular formula is C18H16N2O3. The molecule has 116 valence electrons. The molecule has 0 saturated carbocycles. The lowest BCUT2D eigenvalue weighted by Gasteiger charge is -2.18. The van der Waals surface area contributed by atoms with Crippen molar-refractivity contribution in [2.24, 2.45) is 0 Å².